The average Bonchev–Trinajstić information content (AvgIpc) is 3.13. The largest absolute Gasteiger partial charge is 0.381 e. The maximum atomic E-state index is 12.7. The third-order valence-corrected chi connectivity index (χ3v) is 4.94. The van der Waals surface area contributed by atoms with E-state index in [0.29, 0.717) is 12.3 Å². The minimum atomic E-state index is -0.0342. The monoisotopic (exact) mass is 361 g/mol. The molecule has 3 aromatic rings. The number of carbonyl (C=O) groups excluding carboxylic acids is 1. The van der Waals surface area contributed by atoms with Crippen LogP contribution in [0.4, 0.5) is 5.69 Å². The third kappa shape index (κ3) is 4.09. The van der Waals surface area contributed by atoms with E-state index < -0.39 is 0 Å². The molecule has 2 aromatic carbocycles. The summed E-state index contributed by atoms with van der Waals surface area (Å²) >= 11 is 0. The predicted octanol–water partition coefficient (Wildman–Crippen LogP) is 4.15. The number of anilines is 1. The van der Waals surface area contributed by atoms with Crippen LogP contribution in [0.3, 0.4) is 0 Å². The summed E-state index contributed by atoms with van der Waals surface area (Å²) in [7, 11) is 0. The Morgan fingerprint density at radius 1 is 1.04 bits per heavy atom. The van der Waals surface area contributed by atoms with Crippen molar-refractivity contribution in [1.29, 1.82) is 0 Å². The predicted molar refractivity (Wildman–Crippen MR) is 106 cm³/mol. The third-order valence-electron chi connectivity index (χ3n) is 4.94. The molecule has 138 valence electrons. The van der Waals surface area contributed by atoms with E-state index in [1.807, 2.05) is 60.7 Å². The minimum absolute atomic E-state index is 0.0342. The second kappa shape index (κ2) is 8.18. The van der Waals surface area contributed by atoms with E-state index in [-0.39, 0.29) is 5.91 Å². The zero-order valence-corrected chi connectivity index (χ0v) is 15.2. The summed E-state index contributed by atoms with van der Waals surface area (Å²) in [6, 6.07) is 19.7. The number of hydrogen-bond donors (Lipinski definition) is 2. The van der Waals surface area contributed by atoms with Crippen molar-refractivity contribution >= 4 is 11.6 Å². The van der Waals surface area contributed by atoms with Gasteiger partial charge in [0.25, 0.3) is 0 Å². The second-order valence-electron chi connectivity index (χ2n) is 6.82. The first-order chi connectivity index (χ1) is 13.3. The lowest BCUT2D eigenvalue weighted by molar-refractivity contribution is -0.115. The molecule has 0 atom stereocenters. The van der Waals surface area contributed by atoms with E-state index in [2.05, 4.69) is 15.5 Å². The number of aromatic nitrogens is 2. The molecule has 1 fully saturated rings. The summed E-state index contributed by atoms with van der Waals surface area (Å²) in [5, 5.41) is 10.9. The Labute approximate surface area is 158 Å². The van der Waals surface area contributed by atoms with Crippen molar-refractivity contribution in [2.24, 2.45) is 0 Å². The van der Waals surface area contributed by atoms with E-state index in [1.165, 1.54) is 0 Å². The highest BCUT2D eigenvalue weighted by Gasteiger charge is 2.25. The molecule has 4 rings (SSSR count). The van der Waals surface area contributed by atoms with E-state index in [4.69, 9.17) is 4.74 Å². The number of amides is 1. The molecule has 0 spiro atoms. The molecule has 5 nitrogen and oxygen atoms in total. The summed E-state index contributed by atoms with van der Waals surface area (Å²) in [6.07, 6.45) is 2.20. The van der Waals surface area contributed by atoms with E-state index in [9.17, 15) is 4.79 Å². The molecule has 0 aliphatic carbocycles. The molecule has 1 aromatic heterocycles. The topological polar surface area (TPSA) is 67.0 Å². The van der Waals surface area contributed by atoms with Crippen molar-refractivity contribution in [3.8, 4) is 11.3 Å². The Kier molecular flexibility index (Phi) is 5.30. The van der Waals surface area contributed by atoms with Gasteiger partial charge in [-0.2, -0.15) is 5.10 Å². The summed E-state index contributed by atoms with van der Waals surface area (Å²) in [5.41, 5.74) is 4.57. The first kappa shape index (κ1) is 17.5. The summed E-state index contributed by atoms with van der Waals surface area (Å²) in [6.45, 7) is 1.48. The van der Waals surface area contributed by atoms with E-state index >= 15 is 0 Å². The fourth-order valence-electron chi connectivity index (χ4n) is 3.53. The van der Waals surface area contributed by atoms with E-state index in [0.717, 1.165) is 54.3 Å². The Balaban J connectivity index is 1.63. The van der Waals surface area contributed by atoms with Gasteiger partial charge in [-0.3, -0.25) is 9.89 Å². The summed E-state index contributed by atoms with van der Waals surface area (Å²) in [5.74, 6) is 0.281. The van der Waals surface area contributed by atoms with Gasteiger partial charge < -0.3 is 10.1 Å². The van der Waals surface area contributed by atoms with Gasteiger partial charge in [0.2, 0.25) is 5.91 Å². The van der Waals surface area contributed by atoms with Crippen molar-refractivity contribution in [1.82, 2.24) is 10.2 Å². The van der Waals surface area contributed by atoms with Crippen LogP contribution in [0.2, 0.25) is 0 Å². The molecule has 2 N–H and O–H groups in total. The fourth-order valence-corrected chi connectivity index (χ4v) is 3.53. The van der Waals surface area contributed by atoms with Crippen LogP contribution < -0.4 is 5.32 Å². The standard InChI is InChI=1S/C22H23N3O2/c26-19(15-16-7-3-1-4-8-16)23-22-20(17-9-5-2-6-10-17)24-25-21(22)18-11-13-27-14-12-18/h1-10,18H,11-15H2,(H,23,26)(H,24,25). The van der Waals surface area contributed by atoms with Gasteiger partial charge in [0, 0.05) is 24.7 Å². The van der Waals surface area contributed by atoms with Crippen LogP contribution in [0.5, 0.6) is 0 Å². The van der Waals surface area contributed by atoms with Crippen LogP contribution in [0.25, 0.3) is 11.3 Å². The normalized spacial score (nSPS) is 14.8. The van der Waals surface area contributed by atoms with Crippen LogP contribution >= 0.6 is 0 Å². The molecular formula is C22H23N3O2. The van der Waals surface area contributed by atoms with Gasteiger partial charge in [-0.25, -0.2) is 0 Å². The Morgan fingerprint density at radius 2 is 1.70 bits per heavy atom. The van der Waals surface area contributed by atoms with Gasteiger partial charge in [0.15, 0.2) is 0 Å². The lowest BCUT2D eigenvalue weighted by atomic mass is 9.94. The molecule has 1 saturated heterocycles. The van der Waals surface area contributed by atoms with Crippen LogP contribution in [0, 0.1) is 0 Å². The summed E-state index contributed by atoms with van der Waals surface area (Å²) < 4.78 is 5.49. The first-order valence-electron chi connectivity index (χ1n) is 9.36. The van der Waals surface area contributed by atoms with Gasteiger partial charge in [0.05, 0.1) is 17.8 Å². The van der Waals surface area contributed by atoms with Crippen LogP contribution in [-0.4, -0.2) is 29.3 Å². The maximum Gasteiger partial charge on any atom is 0.228 e. The number of benzene rings is 2. The van der Waals surface area contributed by atoms with Crippen molar-refractivity contribution in [2.45, 2.75) is 25.2 Å². The number of rotatable bonds is 5. The number of carbonyl (C=O) groups is 1. The smallest absolute Gasteiger partial charge is 0.228 e. The van der Waals surface area contributed by atoms with Gasteiger partial charge >= 0.3 is 0 Å². The molecule has 1 aliphatic heterocycles. The van der Waals surface area contributed by atoms with Crippen molar-refractivity contribution < 1.29 is 9.53 Å². The molecule has 0 saturated carbocycles. The highest BCUT2D eigenvalue weighted by Crippen LogP contribution is 2.36. The molecule has 1 amide bonds. The molecular weight excluding hydrogens is 338 g/mol. The minimum Gasteiger partial charge on any atom is -0.381 e. The Morgan fingerprint density at radius 3 is 2.41 bits per heavy atom. The van der Waals surface area contributed by atoms with E-state index in [1.54, 1.807) is 0 Å². The highest BCUT2D eigenvalue weighted by atomic mass is 16.5. The Hall–Kier alpha value is -2.92. The van der Waals surface area contributed by atoms with Gasteiger partial charge in [-0.15, -0.1) is 0 Å². The van der Waals surface area contributed by atoms with Gasteiger partial charge in [0.1, 0.15) is 5.69 Å². The lowest BCUT2D eigenvalue weighted by Crippen LogP contribution is -2.19. The number of nitrogens with zero attached hydrogens (tertiary/aromatic N) is 1. The number of aromatic amines is 1. The molecule has 0 unspecified atom stereocenters. The molecule has 1 aliphatic rings. The first-order valence-corrected chi connectivity index (χ1v) is 9.36. The van der Waals surface area contributed by atoms with Gasteiger partial charge in [-0.1, -0.05) is 60.7 Å². The van der Waals surface area contributed by atoms with Crippen molar-refractivity contribution in [3.63, 3.8) is 0 Å². The molecule has 2 heterocycles. The number of ether oxygens (including phenoxy) is 1. The number of H-pyrrole nitrogens is 1. The SMILES string of the molecule is O=C(Cc1ccccc1)Nc1c(-c2ccccc2)n[nH]c1C1CCOCC1. The van der Waals surface area contributed by atoms with Crippen molar-refractivity contribution in [2.75, 3.05) is 18.5 Å². The van der Waals surface area contributed by atoms with Crippen LogP contribution in [0.1, 0.15) is 30.0 Å². The van der Waals surface area contributed by atoms with Gasteiger partial charge in [-0.05, 0) is 18.4 Å². The zero-order chi connectivity index (χ0) is 18.5. The maximum absolute atomic E-state index is 12.7. The number of nitrogens with one attached hydrogen (secondary N) is 2. The quantitative estimate of drug-likeness (QED) is 0.717. The molecule has 0 bridgehead atoms. The average molecular weight is 361 g/mol. The highest BCUT2D eigenvalue weighted by molar-refractivity contribution is 5.96. The second-order valence-corrected chi connectivity index (χ2v) is 6.82. The van der Waals surface area contributed by atoms with Crippen LogP contribution in [-0.2, 0) is 16.0 Å². The lowest BCUT2D eigenvalue weighted by Gasteiger charge is -2.22. The summed E-state index contributed by atoms with van der Waals surface area (Å²) in [4.78, 5) is 12.7. The number of hydrogen-bond acceptors (Lipinski definition) is 3. The Bertz CT molecular complexity index is 884. The molecule has 5 heteroatoms. The van der Waals surface area contributed by atoms with Crippen molar-refractivity contribution in [3.05, 3.63) is 71.9 Å². The zero-order valence-electron chi connectivity index (χ0n) is 15.2. The fraction of sp³-hybridized carbons (Fsp3) is 0.273. The molecule has 0 radical (unpaired) electrons. The van der Waals surface area contributed by atoms with Crippen LogP contribution in [0.15, 0.2) is 60.7 Å². The molecule has 27 heavy (non-hydrogen) atoms.